The number of benzene rings is 1. The second-order valence-corrected chi connectivity index (χ2v) is 8.60. The van der Waals surface area contributed by atoms with Crippen LogP contribution in [0.25, 0.3) is 0 Å². The lowest BCUT2D eigenvalue weighted by atomic mass is 9.79. The first kappa shape index (κ1) is 19.3. The van der Waals surface area contributed by atoms with Crippen molar-refractivity contribution in [2.45, 2.75) is 44.2 Å². The molecule has 0 unspecified atom stereocenters. The number of halogens is 2. The van der Waals surface area contributed by atoms with Gasteiger partial charge in [0.25, 0.3) is 0 Å². The van der Waals surface area contributed by atoms with Gasteiger partial charge in [-0.2, -0.15) is 0 Å². The summed E-state index contributed by atoms with van der Waals surface area (Å²) in [6.07, 6.45) is 7.69. The predicted molar refractivity (Wildman–Crippen MR) is 118 cm³/mol. The Hall–Kier alpha value is -1.98. The highest BCUT2D eigenvalue weighted by atomic mass is 35.5. The molecule has 1 aromatic carbocycles. The van der Waals surface area contributed by atoms with E-state index >= 15 is 0 Å². The zero-order chi connectivity index (χ0) is 19.7. The van der Waals surface area contributed by atoms with Gasteiger partial charge in [-0.1, -0.05) is 48.5 Å². The van der Waals surface area contributed by atoms with Gasteiger partial charge >= 0.3 is 0 Å². The Morgan fingerprint density at radius 3 is 2.61 bits per heavy atom. The molecule has 1 spiro atoms. The molecule has 1 saturated carbocycles. The molecular weight excluding hydrogens is 393 g/mol. The minimum Gasteiger partial charge on any atom is -0.370 e. The van der Waals surface area contributed by atoms with E-state index in [1.807, 2.05) is 49.5 Å². The van der Waals surface area contributed by atoms with Crippen molar-refractivity contribution in [1.82, 2.24) is 10.3 Å². The third kappa shape index (κ3) is 3.78. The van der Waals surface area contributed by atoms with Crippen molar-refractivity contribution < 1.29 is 0 Å². The Balaban J connectivity index is 1.65. The average molecular weight is 418 g/mol. The summed E-state index contributed by atoms with van der Waals surface area (Å²) >= 11 is 12.2. The summed E-state index contributed by atoms with van der Waals surface area (Å²) in [5.74, 6) is 1.90. The maximum absolute atomic E-state index is 6.18. The molecule has 5 nitrogen and oxygen atoms in total. The number of pyridine rings is 1. The van der Waals surface area contributed by atoms with E-state index in [0.29, 0.717) is 16.6 Å². The summed E-state index contributed by atoms with van der Waals surface area (Å²) in [6, 6.07) is 7.76. The van der Waals surface area contributed by atoms with Crippen molar-refractivity contribution in [2.24, 2.45) is 4.99 Å². The highest BCUT2D eigenvalue weighted by molar-refractivity contribution is 6.42. The molecule has 1 aromatic heterocycles. The van der Waals surface area contributed by atoms with Crippen LogP contribution in [0.2, 0.25) is 10.0 Å². The standard InChI is InChI=1S/C21H25Cl2N5/c1-28(2)19-11-17-18(13-24-19)27-21(8-4-3-5-9-21)20(26-17)25-12-14-6-7-15(22)16(23)10-14/h6-7,10-11,13,27H,3-5,8-9,12H2,1-2H3,(H,25,26). The summed E-state index contributed by atoms with van der Waals surface area (Å²) < 4.78 is 0. The van der Waals surface area contributed by atoms with Crippen LogP contribution in [0.5, 0.6) is 0 Å². The maximum Gasteiger partial charge on any atom is 0.130 e. The van der Waals surface area contributed by atoms with Crippen molar-refractivity contribution in [3.05, 3.63) is 46.1 Å². The minimum absolute atomic E-state index is 0.150. The first-order valence-electron chi connectivity index (χ1n) is 9.69. The molecule has 0 amide bonds. The molecule has 7 heteroatoms. The number of aliphatic imine (C=N–C) groups is 1. The number of fused-ring (bicyclic) bond motifs is 1. The highest BCUT2D eigenvalue weighted by Crippen LogP contribution is 2.41. The van der Waals surface area contributed by atoms with Gasteiger partial charge in [0.1, 0.15) is 11.7 Å². The Bertz CT molecular complexity index is 904. The largest absolute Gasteiger partial charge is 0.370 e. The average Bonchev–Trinajstić information content (AvgIpc) is 2.69. The normalized spacial score (nSPS) is 17.5. The number of nitrogens with zero attached hydrogens (tertiary/aromatic N) is 3. The van der Waals surface area contributed by atoms with Crippen LogP contribution in [0, 0.1) is 0 Å². The molecule has 28 heavy (non-hydrogen) atoms. The first-order valence-corrected chi connectivity index (χ1v) is 10.4. The van der Waals surface area contributed by atoms with Crippen LogP contribution in [-0.2, 0) is 6.54 Å². The number of rotatable bonds is 3. The predicted octanol–water partition coefficient (Wildman–Crippen LogP) is 5.40. The molecule has 2 N–H and O–H groups in total. The summed E-state index contributed by atoms with van der Waals surface area (Å²) in [5.41, 5.74) is 2.86. The fourth-order valence-electron chi connectivity index (χ4n) is 3.97. The molecule has 0 atom stereocenters. The molecule has 2 aromatic rings. The van der Waals surface area contributed by atoms with Crippen LogP contribution in [0.15, 0.2) is 35.5 Å². The number of hydrogen-bond acceptors (Lipinski definition) is 5. The molecule has 1 aliphatic carbocycles. The molecule has 1 fully saturated rings. The van der Waals surface area contributed by atoms with Crippen molar-refractivity contribution in [3.63, 3.8) is 0 Å². The van der Waals surface area contributed by atoms with E-state index < -0.39 is 0 Å². The Morgan fingerprint density at radius 1 is 1.11 bits per heavy atom. The van der Waals surface area contributed by atoms with Gasteiger partial charge < -0.3 is 15.5 Å². The fourth-order valence-corrected chi connectivity index (χ4v) is 4.29. The second kappa shape index (κ2) is 7.80. The van der Waals surface area contributed by atoms with Crippen LogP contribution in [0.3, 0.4) is 0 Å². The zero-order valence-corrected chi connectivity index (χ0v) is 17.7. The fraction of sp³-hybridized carbons (Fsp3) is 0.429. The number of anilines is 2. The summed E-state index contributed by atoms with van der Waals surface area (Å²) in [4.78, 5) is 11.6. The Kier molecular flexibility index (Phi) is 5.39. The summed E-state index contributed by atoms with van der Waals surface area (Å²) in [5, 5.41) is 8.50. The van der Waals surface area contributed by atoms with Crippen LogP contribution in [-0.4, -0.2) is 30.5 Å². The van der Waals surface area contributed by atoms with Gasteiger partial charge in [-0.3, -0.25) is 0 Å². The van der Waals surface area contributed by atoms with E-state index in [4.69, 9.17) is 28.2 Å². The number of nitrogens with one attached hydrogen (secondary N) is 2. The molecule has 0 saturated heterocycles. The van der Waals surface area contributed by atoms with Crippen LogP contribution < -0.4 is 15.5 Å². The van der Waals surface area contributed by atoms with Gasteiger partial charge in [-0.15, -0.1) is 0 Å². The lowest BCUT2D eigenvalue weighted by Crippen LogP contribution is -2.54. The van der Waals surface area contributed by atoms with E-state index in [1.165, 1.54) is 19.3 Å². The summed E-state index contributed by atoms with van der Waals surface area (Å²) in [7, 11) is 3.97. The third-order valence-electron chi connectivity index (χ3n) is 5.54. The number of hydrogen-bond donors (Lipinski definition) is 2. The van der Waals surface area contributed by atoms with E-state index in [-0.39, 0.29) is 5.54 Å². The molecule has 148 valence electrons. The smallest absolute Gasteiger partial charge is 0.130 e. The van der Waals surface area contributed by atoms with Gasteiger partial charge in [0, 0.05) is 26.7 Å². The minimum atomic E-state index is -0.150. The monoisotopic (exact) mass is 417 g/mol. The first-order chi connectivity index (χ1) is 13.5. The SMILES string of the molecule is CN(C)c1cc2c(cn1)NC1(CCCCC1)C(NCc1ccc(Cl)c(Cl)c1)=N2. The molecule has 0 bridgehead atoms. The third-order valence-corrected chi connectivity index (χ3v) is 6.28. The van der Waals surface area contributed by atoms with Gasteiger partial charge in [0.15, 0.2) is 0 Å². The Morgan fingerprint density at radius 2 is 1.89 bits per heavy atom. The molecule has 4 rings (SSSR count). The van der Waals surface area contributed by atoms with Crippen LogP contribution in [0.4, 0.5) is 17.2 Å². The number of aromatic nitrogens is 1. The van der Waals surface area contributed by atoms with Crippen molar-refractivity contribution in [3.8, 4) is 0 Å². The number of amidine groups is 1. The van der Waals surface area contributed by atoms with Crippen molar-refractivity contribution >= 4 is 46.2 Å². The highest BCUT2D eigenvalue weighted by Gasteiger charge is 2.40. The van der Waals surface area contributed by atoms with Gasteiger partial charge in [0.2, 0.25) is 0 Å². The molecular formula is C21H25Cl2N5. The molecule has 0 radical (unpaired) electrons. The molecule has 2 heterocycles. The van der Waals surface area contributed by atoms with Crippen molar-refractivity contribution in [2.75, 3.05) is 24.3 Å². The lowest BCUT2D eigenvalue weighted by Gasteiger charge is -2.42. The van der Waals surface area contributed by atoms with Crippen LogP contribution >= 0.6 is 23.2 Å². The maximum atomic E-state index is 6.18. The van der Waals surface area contributed by atoms with Crippen molar-refractivity contribution in [1.29, 1.82) is 0 Å². The van der Waals surface area contributed by atoms with E-state index in [9.17, 15) is 0 Å². The zero-order valence-electron chi connectivity index (χ0n) is 16.2. The lowest BCUT2D eigenvalue weighted by molar-refractivity contribution is 0.396. The Labute approximate surface area is 176 Å². The summed E-state index contributed by atoms with van der Waals surface area (Å²) in [6.45, 7) is 0.653. The van der Waals surface area contributed by atoms with Crippen LogP contribution in [0.1, 0.15) is 37.7 Å². The van der Waals surface area contributed by atoms with Gasteiger partial charge in [0.05, 0.1) is 33.2 Å². The molecule has 1 aliphatic heterocycles. The van der Waals surface area contributed by atoms with E-state index in [2.05, 4.69) is 15.6 Å². The molecule has 2 aliphatic rings. The topological polar surface area (TPSA) is 52.6 Å². The quantitative estimate of drug-likeness (QED) is 0.701. The van der Waals surface area contributed by atoms with Gasteiger partial charge in [-0.05, 0) is 30.5 Å². The van der Waals surface area contributed by atoms with E-state index in [1.54, 1.807) is 0 Å². The van der Waals surface area contributed by atoms with E-state index in [0.717, 1.165) is 41.4 Å². The second-order valence-electron chi connectivity index (χ2n) is 7.78. The van der Waals surface area contributed by atoms with Gasteiger partial charge in [-0.25, -0.2) is 9.98 Å².